The predicted octanol–water partition coefficient (Wildman–Crippen LogP) is 3.06. The Kier molecular flexibility index (Phi) is 2.42. The van der Waals surface area contributed by atoms with Crippen LogP contribution in [0.2, 0.25) is 0 Å². The first kappa shape index (κ1) is 10.7. The Bertz CT molecular complexity index is 557. The summed E-state index contributed by atoms with van der Waals surface area (Å²) < 4.78 is 14.9. The molecule has 3 nitrogen and oxygen atoms in total. The molecule has 0 atom stereocenters. The van der Waals surface area contributed by atoms with Crippen molar-refractivity contribution < 1.29 is 14.3 Å². The van der Waals surface area contributed by atoms with Crippen molar-refractivity contribution in [3.05, 3.63) is 35.8 Å². The fraction of sp³-hybridized carbons (Fsp3) is 0.250. The summed E-state index contributed by atoms with van der Waals surface area (Å²) in [5.74, 6) is -1.45. The number of benzene rings is 1. The number of hydrogen-bond acceptors (Lipinski definition) is 1. The van der Waals surface area contributed by atoms with Crippen LogP contribution in [0.4, 0.5) is 4.39 Å². The van der Waals surface area contributed by atoms with E-state index in [2.05, 4.69) is 0 Å². The highest BCUT2D eigenvalue weighted by Gasteiger charge is 2.15. The number of carbonyl (C=O) groups is 1. The molecule has 4 heteroatoms. The van der Waals surface area contributed by atoms with Gasteiger partial charge in [0, 0.05) is 23.1 Å². The van der Waals surface area contributed by atoms with Gasteiger partial charge >= 0.3 is 5.97 Å². The van der Waals surface area contributed by atoms with E-state index in [9.17, 15) is 9.18 Å². The van der Waals surface area contributed by atoms with Crippen molar-refractivity contribution in [1.82, 2.24) is 4.57 Å². The predicted molar refractivity (Wildman–Crippen MR) is 59.2 cm³/mol. The highest BCUT2D eigenvalue weighted by atomic mass is 19.1. The first-order chi connectivity index (χ1) is 7.50. The number of fused-ring (bicyclic) bond motifs is 1. The first-order valence-corrected chi connectivity index (χ1v) is 5.04. The van der Waals surface area contributed by atoms with Gasteiger partial charge in [-0.25, -0.2) is 9.18 Å². The molecule has 0 saturated heterocycles. The van der Waals surface area contributed by atoms with E-state index in [-0.39, 0.29) is 11.6 Å². The van der Waals surface area contributed by atoms with E-state index in [1.54, 1.807) is 12.3 Å². The molecule has 1 aromatic heterocycles. The third-order valence-corrected chi connectivity index (χ3v) is 2.58. The zero-order valence-electron chi connectivity index (χ0n) is 9.07. The van der Waals surface area contributed by atoms with Gasteiger partial charge in [0.1, 0.15) is 5.82 Å². The molecule has 0 amide bonds. The van der Waals surface area contributed by atoms with E-state index < -0.39 is 11.8 Å². The summed E-state index contributed by atoms with van der Waals surface area (Å²) in [6, 6.07) is 4.35. The summed E-state index contributed by atoms with van der Waals surface area (Å²) in [5.41, 5.74) is 0.886. The molecular weight excluding hydrogens is 209 g/mol. The van der Waals surface area contributed by atoms with E-state index in [4.69, 9.17) is 5.11 Å². The average Bonchev–Trinajstić information content (AvgIpc) is 2.56. The van der Waals surface area contributed by atoms with Crippen LogP contribution in [0.5, 0.6) is 0 Å². The Hall–Kier alpha value is -1.84. The Morgan fingerprint density at radius 1 is 1.44 bits per heavy atom. The molecule has 1 N–H and O–H groups in total. The number of aromatic nitrogens is 1. The molecule has 2 aromatic rings. The fourth-order valence-electron chi connectivity index (χ4n) is 1.82. The third-order valence-electron chi connectivity index (χ3n) is 2.58. The van der Waals surface area contributed by atoms with Crippen LogP contribution in [0.25, 0.3) is 10.9 Å². The van der Waals surface area contributed by atoms with E-state index in [1.807, 2.05) is 18.4 Å². The highest BCUT2D eigenvalue weighted by Crippen LogP contribution is 2.25. The molecule has 0 aliphatic heterocycles. The van der Waals surface area contributed by atoms with Crippen LogP contribution in [0.15, 0.2) is 24.4 Å². The first-order valence-electron chi connectivity index (χ1n) is 5.04. The molecule has 16 heavy (non-hydrogen) atoms. The van der Waals surface area contributed by atoms with Gasteiger partial charge in [-0.05, 0) is 32.0 Å². The molecule has 84 valence electrons. The maximum absolute atomic E-state index is 13.1. The maximum Gasteiger partial charge on any atom is 0.337 e. The summed E-state index contributed by atoms with van der Waals surface area (Å²) in [7, 11) is 0. The van der Waals surface area contributed by atoms with E-state index in [0.717, 1.165) is 5.52 Å². The fourth-order valence-corrected chi connectivity index (χ4v) is 1.82. The van der Waals surface area contributed by atoms with Gasteiger partial charge in [-0.2, -0.15) is 0 Å². The van der Waals surface area contributed by atoms with Crippen molar-refractivity contribution in [3.63, 3.8) is 0 Å². The SMILES string of the molecule is CC(C)n1cc(C(=O)O)c2cc(F)ccc21. The van der Waals surface area contributed by atoms with Crippen LogP contribution >= 0.6 is 0 Å². The number of aromatic carboxylic acids is 1. The summed E-state index contributed by atoms with van der Waals surface area (Å²) in [6.45, 7) is 3.91. The van der Waals surface area contributed by atoms with Crippen LogP contribution in [0.3, 0.4) is 0 Å². The average molecular weight is 221 g/mol. The second-order valence-electron chi connectivity index (χ2n) is 4.01. The Labute approximate surface area is 92.1 Å². The van der Waals surface area contributed by atoms with E-state index >= 15 is 0 Å². The van der Waals surface area contributed by atoms with Gasteiger partial charge in [-0.15, -0.1) is 0 Å². The van der Waals surface area contributed by atoms with Crippen molar-refractivity contribution in [2.24, 2.45) is 0 Å². The summed E-state index contributed by atoms with van der Waals surface area (Å²) >= 11 is 0. The van der Waals surface area contributed by atoms with Gasteiger partial charge < -0.3 is 9.67 Å². The lowest BCUT2D eigenvalue weighted by atomic mass is 10.2. The zero-order valence-corrected chi connectivity index (χ0v) is 9.07. The smallest absolute Gasteiger partial charge is 0.337 e. The van der Waals surface area contributed by atoms with Gasteiger partial charge in [-0.3, -0.25) is 0 Å². The number of rotatable bonds is 2. The standard InChI is InChI=1S/C12H12FNO2/c1-7(2)14-6-10(12(15)16)9-5-8(13)3-4-11(9)14/h3-7H,1-2H3,(H,15,16). The summed E-state index contributed by atoms with van der Waals surface area (Å²) in [6.07, 6.45) is 1.55. The molecule has 0 radical (unpaired) electrons. The van der Waals surface area contributed by atoms with Gasteiger partial charge in [-0.1, -0.05) is 0 Å². The minimum atomic E-state index is -1.03. The lowest BCUT2D eigenvalue weighted by Gasteiger charge is -2.08. The molecule has 0 aliphatic rings. The van der Waals surface area contributed by atoms with Gasteiger partial charge in [0.2, 0.25) is 0 Å². The zero-order chi connectivity index (χ0) is 11.9. The molecule has 0 saturated carbocycles. The summed E-state index contributed by atoms with van der Waals surface area (Å²) in [4.78, 5) is 11.0. The maximum atomic E-state index is 13.1. The quantitative estimate of drug-likeness (QED) is 0.846. The van der Waals surface area contributed by atoms with Gasteiger partial charge in [0.05, 0.1) is 5.56 Å². The van der Waals surface area contributed by atoms with Crippen LogP contribution in [0.1, 0.15) is 30.2 Å². The number of carboxylic acid groups (broad SMARTS) is 1. The molecule has 1 aromatic carbocycles. The minimum Gasteiger partial charge on any atom is -0.478 e. The molecular formula is C12H12FNO2. The van der Waals surface area contributed by atoms with E-state index in [0.29, 0.717) is 5.39 Å². The topological polar surface area (TPSA) is 42.2 Å². The van der Waals surface area contributed by atoms with Gasteiger partial charge in [0.25, 0.3) is 0 Å². The molecule has 1 heterocycles. The molecule has 0 aliphatic carbocycles. The van der Waals surface area contributed by atoms with E-state index in [1.165, 1.54) is 12.1 Å². The lowest BCUT2D eigenvalue weighted by Crippen LogP contribution is -1.99. The second kappa shape index (κ2) is 3.63. The van der Waals surface area contributed by atoms with Crippen molar-refractivity contribution in [2.45, 2.75) is 19.9 Å². The largest absolute Gasteiger partial charge is 0.478 e. The normalized spacial score (nSPS) is 11.2. The van der Waals surface area contributed by atoms with Crippen molar-refractivity contribution in [2.75, 3.05) is 0 Å². The summed E-state index contributed by atoms with van der Waals surface area (Å²) in [5, 5.41) is 9.48. The molecule has 2 rings (SSSR count). The Balaban J connectivity index is 2.81. The van der Waals surface area contributed by atoms with Crippen molar-refractivity contribution >= 4 is 16.9 Å². The van der Waals surface area contributed by atoms with Gasteiger partial charge in [0.15, 0.2) is 0 Å². The molecule has 0 unspecified atom stereocenters. The number of hydrogen-bond donors (Lipinski definition) is 1. The Morgan fingerprint density at radius 2 is 2.12 bits per heavy atom. The number of nitrogens with zero attached hydrogens (tertiary/aromatic N) is 1. The number of halogens is 1. The minimum absolute atomic E-state index is 0.140. The van der Waals surface area contributed by atoms with Crippen molar-refractivity contribution in [1.29, 1.82) is 0 Å². The van der Waals surface area contributed by atoms with Crippen molar-refractivity contribution in [3.8, 4) is 0 Å². The van der Waals surface area contributed by atoms with Crippen LogP contribution in [-0.2, 0) is 0 Å². The lowest BCUT2D eigenvalue weighted by molar-refractivity contribution is 0.0699. The monoisotopic (exact) mass is 221 g/mol. The highest BCUT2D eigenvalue weighted by molar-refractivity contribution is 6.03. The third kappa shape index (κ3) is 1.56. The van der Waals surface area contributed by atoms with Crippen LogP contribution in [-0.4, -0.2) is 15.6 Å². The molecule has 0 fully saturated rings. The van der Waals surface area contributed by atoms with Crippen LogP contribution < -0.4 is 0 Å². The van der Waals surface area contributed by atoms with Crippen LogP contribution in [0, 0.1) is 5.82 Å². The molecule has 0 bridgehead atoms. The molecule has 0 spiro atoms. The second-order valence-corrected chi connectivity index (χ2v) is 4.01. The number of carboxylic acids is 1. The Morgan fingerprint density at radius 3 is 2.69 bits per heavy atom.